The van der Waals surface area contributed by atoms with E-state index in [1.54, 1.807) is 0 Å². The molecule has 0 amide bonds. The van der Waals surface area contributed by atoms with Crippen LogP contribution in [0.25, 0.3) is 32.9 Å². The van der Waals surface area contributed by atoms with Crippen molar-refractivity contribution in [3.8, 4) is 11.1 Å². The molecule has 0 saturated heterocycles. The summed E-state index contributed by atoms with van der Waals surface area (Å²) < 4.78 is 11.4. The lowest BCUT2D eigenvalue weighted by Crippen LogP contribution is -1.97. The Balaban J connectivity index is 2.12. The Kier molecular flexibility index (Phi) is 2.83. The van der Waals surface area contributed by atoms with Gasteiger partial charge in [0.05, 0.1) is 10.8 Å². The Labute approximate surface area is 123 Å². The van der Waals surface area contributed by atoms with E-state index in [2.05, 4.69) is 35.3 Å². The molecule has 0 radical (unpaired) electrons. The molecule has 4 aromatic rings. The van der Waals surface area contributed by atoms with Gasteiger partial charge in [0, 0.05) is 21.9 Å². The van der Waals surface area contributed by atoms with Crippen LogP contribution in [0.1, 0.15) is 0 Å². The molecule has 0 aliphatic carbocycles. The molecule has 0 spiro atoms. The van der Waals surface area contributed by atoms with Crippen LogP contribution in [0.3, 0.4) is 0 Å². The molecule has 3 aromatic carbocycles. The molecule has 21 heavy (non-hydrogen) atoms. The van der Waals surface area contributed by atoms with Crippen molar-refractivity contribution in [2.75, 3.05) is 0 Å². The number of aromatic nitrogens is 1. The van der Waals surface area contributed by atoms with Gasteiger partial charge in [0.25, 0.3) is 0 Å². The van der Waals surface area contributed by atoms with E-state index in [0.29, 0.717) is 0 Å². The number of benzene rings is 3. The second kappa shape index (κ2) is 4.83. The first-order valence-corrected chi connectivity index (χ1v) is 7.62. The van der Waals surface area contributed by atoms with Gasteiger partial charge in [-0.05, 0) is 17.7 Å². The van der Waals surface area contributed by atoms with Gasteiger partial charge in [0.2, 0.25) is 0 Å². The first-order valence-electron chi connectivity index (χ1n) is 6.80. The molecule has 3 heteroatoms. The third-order valence-electron chi connectivity index (χ3n) is 3.83. The molecular formula is C18H12NOP. The van der Waals surface area contributed by atoms with Crippen LogP contribution in [-0.2, 0) is 4.57 Å². The number of nitrogens with one attached hydrogen (secondary N) is 1. The zero-order chi connectivity index (χ0) is 14.2. The van der Waals surface area contributed by atoms with E-state index in [-0.39, 0.29) is 8.46 Å². The summed E-state index contributed by atoms with van der Waals surface area (Å²) in [5, 5.41) is 3.22. The molecule has 1 heterocycles. The van der Waals surface area contributed by atoms with Crippen molar-refractivity contribution >= 4 is 35.6 Å². The standard InChI is InChI=1S/C18H12NOP/c20-21-17-11-4-2-7-13(17)15-9-5-8-14-12-6-1-3-10-16(12)19-18(14)15/h1-11,19H. The van der Waals surface area contributed by atoms with Gasteiger partial charge in [-0.1, -0.05) is 54.6 Å². The summed E-state index contributed by atoms with van der Waals surface area (Å²) in [7, 11) is 0.0462. The van der Waals surface area contributed by atoms with Gasteiger partial charge in [-0.3, -0.25) is 4.57 Å². The molecule has 1 aromatic heterocycles. The van der Waals surface area contributed by atoms with E-state index >= 15 is 0 Å². The Morgan fingerprint density at radius 1 is 0.714 bits per heavy atom. The highest BCUT2D eigenvalue weighted by Crippen LogP contribution is 2.33. The smallest absolute Gasteiger partial charge is 0.192 e. The molecule has 0 atom stereocenters. The Morgan fingerprint density at radius 3 is 2.33 bits per heavy atom. The highest BCUT2D eigenvalue weighted by molar-refractivity contribution is 7.34. The van der Waals surface area contributed by atoms with Gasteiger partial charge in [-0.25, -0.2) is 0 Å². The van der Waals surface area contributed by atoms with Gasteiger partial charge in [0.15, 0.2) is 8.46 Å². The van der Waals surface area contributed by atoms with Crippen LogP contribution < -0.4 is 5.30 Å². The third kappa shape index (κ3) is 1.88. The Bertz CT molecular complexity index is 971. The van der Waals surface area contributed by atoms with Crippen molar-refractivity contribution in [1.82, 2.24) is 4.98 Å². The lowest BCUT2D eigenvalue weighted by Gasteiger charge is -2.05. The molecule has 0 saturated carbocycles. The maximum Gasteiger partial charge on any atom is 0.192 e. The fourth-order valence-electron chi connectivity index (χ4n) is 2.88. The zero-order valence-electron chi connectivity index (χ0n) is 11.2. The summed E-state index contributed by atoms with van der Waals surface area (Å²) in [5.74, 6) is 0. The van der Waals surface area contributed by atoms with Crippen molar-refractivity contribution in [3.63, 3.8) is 0 Å². The maximum atomic E-state index is 11.4. The van der Waals surface area contributed by atoms with Crippen LogP contribution in [-0.4, -0.2) is 4.98 Å². The second-order valence-corrected chi connectivity index (χ2v) is 5.67. The van der Waals surface area contributed by atoms with Crippen LogP contribution in [0.5, 0.6) is 0 Å². The van der Waals surface area contributed by atoms with E-state index in [1.165, 1.54) is 10.8 Å². The topological polar surface area (TPSA) is 32.9 Å². The minimum absolute atomic E-state index is 0.0462. The summed E-state index contributed by atoms with van der Waals surface area (Å²) in [6.07, 6.45) is 0. The van der Waals surface area contributed by atoms with Crippen LogP contribution in [0.4, 0.5) is 0 Å². The van der Waals surface area contributed by atoms with E-state index in [1.807, 2.05) is 36.4 Å². The highest BCUT2D eigenvalue weighted by atomic mass is 31.1. The van der Waals surface area contributed by atoms with Gasteiger partial charge >= 0.3 is 0 Å². The summed E-state index contributed by atoms with van der Waals surface area (Å²) >= 11 is 0. The van der Waals surface area contributed by atoms with Gasteiger partial charge < -0.3 is 4.98 Å². The third-order valence-corrected chi connectivity index (χ3v) is 4.42. The number of hydrogen-bond donors (Lipinski definition) is 1. The van der Waals surface area contributed by atoms with Crippen LogP contribution >= 0.6 is 8.46 Å². The van der Waals surface area contributed by atoms with Crippen LogP contribution in [0.15, 0.2) is 66.7 Å². The molecule has 0 aliphatic rings. The van der Waals surface area contributed by atoms with Crippen molar-refractivity contribution < 1.29 is 4.57 Å². The largest absolute Gasteiger partial charge is 0.354 e. The first-order chi connectivity index (χ1) is 10.4. The number of hydrogen-bond acceptors (Lipinski definition) is 1. The Morgan fingerprint density at radius 2 is 1.43 bits per heavy atom. The van der Waals surface area contributed by atoms with E-state index in [0.717, 1.165) is 27.5 Å². The van der Waals surface area contributed by atoms with Crippen molar-refractivity contribution in [3.05, 3.63) is 66.7 Å². The molecule has 4 rings (SSSR count). The molecule has 0 fully saturated rings. The number of para-hydroxylation sites is 2. The number of fused-ring (bicyclic) bond motifs is 3. The molecular weight excluding hydrogens is 277 g/mol. The van der Waals surface area contributed by atoms with Crippen LogP contribution in [0.2, 0.25) is 0 Å². The molecule has 1 N–H and O–H groups in total. The predicted molar refractivity (Wildman–Crippen MR) is 88.5 cm³/mol. The molecule has 0 aliphatic heterocycles. The minimum atomic E-state index is 0.0462. The van der Waals surface area contributed by atoms with Gasteiger partial charge in [-0.15, -0.1) is 0 Å². The number of aromatic amines is 1. The van der Waals surface area contributed by atoms with E-state index < -0.39 is 0 Å². The van der Waals surface area contributed by atoms with Gasteiger partial charge in [-0.2, -0.15) is 0 Å². The lowest BCUT2D eigenvalue weighted by molar-refractivity contribution is 0.603. The average Bonchev–Trinajstić information content (AvgIpc) is 2.93. The number of H-pyrrole nitrogens is 1. The molecule has 0 unspecified atom stereocenters. The minimum Gasteiger partial charge on any atom is -0.354 e. The second-order valence-electron chi connectivity index (χ2n) is 5.01. The quantitative estimate of drug-likeness (QED) is 0.523. The predicted octanol–water partition coefficient (Wildman–Crippen LogP) is 4.91. The summed E-state index contributed by atoms with van der Waals surface area (Å²) in [6, 6.07) is 22.3. The number of rotatable bonds is 2. The average molecular weight is 289 g/mol. The molecule has 2 nitrogen and oxygen atoms in total. The van der Waals surface area contributed by atoms with Crippen molar-refractivity contribution in [2.24, 2.45) is 0 Å². The van der Waals surface area contributed by atoms with Crippen molar-refractivity contribution in [1.29, 1.82) is 0 Å². The first kappa shape index (κ1) is 12.3. The fourth-order valence-corrected chi connectivity index (χ4v) is 3.32. The Hall–Kier alpha value is -2.44. The van der Waals surface area contributed by atoms with Crippen molar-refractivity contribution in [2.45, 2.75) is 0 Å². The SMILES string of the molecule is O=Pc1ccccc1-c1cccc2c1[nH]c1ccccc12. The molecule has 100 valence electrons. The van der Waals surface area contributed by atoms with E-state index in [9.17, 15) is 4.57 Å². The normalized spacial score (nSPS) is 11.4. The summed E-state index contributed by atoms with van der Waals surface area (Å²) in [4.78, 5) is 3.49. The monoisotopic (exact) mass is 289 g/mol. The zero-order valence-corrected chi connectivity index (χ0v) is 12.1. The van der Waals surface area contributed by atoms with E-state index in [4.69, 9.17) is 0 Å². The fraction of sp³-hybridized carbons (Fsp3) is 0. The van der Waals surface area contributed by atoms with Crippen LogP contribution in [0, 0.1) is 0 Å². The summed E-state index contributed by atoms with van der Waals surface area (Å²) in [5.41, 5.74) is 4.31. The summed E-state index contributed by atoms with van der Waals surface area (Å²) in [6.45, 7) is 0. The van der Waals surface area contributed by atoms with Gasteiger partial charge in [0.1, 0.15) is 0 Å². The maximum absolute atomic E-state index is 11.4. The molecule has 0 bridgehead atoms. The highest BCUT2D eigenvalue weighted by Gasteiger charge is 2.11. The lowest BCUT2D eigenvalue weighted by atomic mass is 10.0.